The van der Waals surface area contributed by atoms with E-state index >= 15 is 0 Å². The lowest BCUT2D eigenvalue weighted by Crippen LogP contribution is -2.37. The van der Waals surface area contributed by atoms with Gasteiger partial charge in [-0.3, -0.25) is 9.10 Å². The van der Waals surface area contributed by atoms with Crippen molar-refractivity contribution in [2.45, 2.75) is 6.92 Å². The summed E-state index contributed by atoms with van der Waals surface area (Å²) in [4.78, 5) is 24.1. The predicted molar refractivity (Wildman–Crippen MR) is 105 cm³/mol. The maximum atomic E-state index is 12.4. The van der Waals surface area contributed by atoms with Gasteiger partial charge in [-0.2, -0.15) is 0 Å². The Morgan fingerprint density at radius 1 is 1.19 bits per heavy atom. The van der Waals surface area contributed by atoms with Crippen molar-refractivity contribution in [3.63, 3.8) is 0 Å². The van der Waals surface area contributed by atoms with E-state index in [9.17, 15) is 18.0 Å². The van der Waals surface area contributed by atoms with Crippen LogP contribution < -0.4 is 9.62 Å². The van der Waals surface area contributed by atoms with E-state index in [2.05, 4.69) is 10.1 Å². The van der Waals surface area contributed by atoms with Gasteiger partial charge < -0.3 is 10.1 Å². The number of benzene rings is 2. The number of esters is 1. The molecule has 0 fully saturated rings. The number of hydrogen-bond acceptors (Lipinski definition) is 5. The van der Waals surface area contributed by atoms with E-state index in [0.29, 0.717) is 5.69 Å². The maximum Gasteiger partial charge on any atom is 0.337 e. The molecule has 7 nitrogen and oxygen atoms in total. The number of amides is 1. The first-order valence-corrected chi connectivity index (χ1v) is 10.1. The number of halogens is 1. The van der Waals surface area contributed by atoms with E-state index in [0.717, 1.165) is 16.1 Å². The highest BCUT2D eigenvalue weighted by molar-refractivity contribution is 7.92. The molecule has 0 radical (unpaired) electrons. The molecule has 0 aliphatic heterocycles. The minimum absolute atomic E-state index is 0.183. The second-order valence-electron chi connectivity index (χ2n) is 5.84. The molecule has 2 aromatic rings. The quantitative estimate of drug-likeness (QED) is 0.739. The Balaban J connectivity index is 2.26. The largest absolute Gasteiger partial charge is 0.465 e. The third kappa shape index (κ3) is 5.45. The molecule has 27 heavy (non-hydrogen) atoms. The number of nitrogens with zero attached hydrogens (tertiary/aromatic N) is 1. The van der Waals surface area contributed by atoms with Gasteiger partial charge >= 0.3 is 5.97 Å². The van der Waals surface area contributed by atoms with Crippen LogP contribution in [0.15, 0.2) is 42.5 Å². The molecular formula is C18H19ClN2O5S. The van der Waals surface area contributed by atoms with E-state index < -0.39 is 28.4 Å². The summed E-state index contributed by atoms with van der Waals surface area (Å²) in [5.74, 6) is -1.19. The predicted octanol–water partition coefficient (Wildman–Crippen LogP) is 2.84. The minimum Gasteiger partial charge on any atom is -0.465 e. The van der Waals surface area contributed by atoms with Gasteiger partial charge in [0.1, 0.15) is 6.54 Å². The zero-order chi connectivity index (χ0) is 20.2. The molecule has 2 rings (SSSR count). The highest BCUT2D eigenvalue weighted by Crippen LogP contribution is 2.24. The van der Waals surface area contributed by atoms with Crippen molar-refractivity contribution in [1.29, 1.82) is 0 Å². The summed E-state index contributed by atoms with van der Waals surface area (Å²) in [7, 11) is -2.46. The molecule has 9 heteroatoms. The van der Waals surface area contributed by atoms with Gasteiger partial charge in [0.2, 0.25) is 15.9 Å². The van der Waals surface area contributed by atoms with Crippen LogP contribution in [0.25, 0.3) is 0 Å². The standard InChI is InChI=1S/C18H19ClN2O5S/c1-12-5-4-6-14(9-12)21(27(3,24)25)11-17(22)20-16-10-13(18(23)26-2)7-8-15(16)19/h4-10H,11H2,1-3H3,(H,20,22). The maximum absolute atomic E-state index is 12.4. The molecular weight excluding hydrogens is 392 g/mol. The summed E-state index contributed by atoms with van der Waals surface area (Å²) in [5.41, 5.74) is 1.62. The number of carbonyl (C=O) groups excluding carboxylic acids is 2. The molecule has 0 unspecified atom stereocenters. The number of nitrogens with one attached hydrogen (secondary N) is 1. The fraction of sp³-hybridized carbons (Fsp3) is 0.222. The van der Waals surface area contributed by atoms with Crippen molar-refractivity contribution >= 4 is 44.9 Å². The van der Waals surface area contributed by atoms with Gasteiger partial charge in [0.25, 0.3) is 0 Å². The Bertz CT molecular complexity index is 975. The van der Waals surface area contributed by atoms with E-state index in [1.807, 2.05) is 13.0 Å². The van der Waals surface area contributed by atoms with Crippen LogP contribution in [-0.4, -0.2) is 40.2 Å². The number of ether oxygens (including phenoxy) is 1. The van der Waals surface area contributed by atoms with E-state index in [1.165, 1.54) is 25.3 Å². The molecule has 0 atom stereocenters. The Morgan fingerprint density at radius 3 is 2.48 bits per heavy atom. The monoisotopic (exact) mass is 410 g/mol. The molecule has 0 bridgehead atoms. The van der Waals surface area contributed by atoms with Crippen LogP contribution in [-0.2, 0) is 19.6 Å². The van der Waals surface area contributed by atoms with E-state index in [1.54, 1.807) is 18.2 Å². The highest BCUT2D eigenvalue weighted by Gasteiger charge is 2.21. The molecule has 0 aromatic heterocycles. The molecule has 0 aliphatic carbocycles. The van der Waals surface area contributed by atoms with Crippen molar-refractivity contribution in [2.75, 3.05) is 29.5 Å². The van der Waals surface area contributed by atoms with Gasteiger partial charge in [0, 0.05) is 0 Å². The van der Waals surface area contributed by atoms with Crippen LogP contribution >= 0.6 is 11.6 Å². The molecule has 2 aromatic carbocycles. The van der Waals surface area contributed by atoms with Gasteiger partial charge in [0.15, 0.2) is 0 Å². The van der Waals surface area contributed by atoms with Crippen molar-refractivity contribution < 1.29 is 22.7 Å². The Kier molecular flexibility index (Phi) is 6.45. The van der Waals surface area contributed by atoms with Crippen LogP contribution in [0.5, 0.6) is 0 Å². The highest BCUT2D eigenvalue weighted by atomic mass is 35.5. The van der Waals surface area contributed by atoms with Crippen LogP contribution in [0.4, 0.5) is 11.4 Å². The first kappa shape index (κ1) is 20.7. The normalized spacial score (nSPS) is 11.0. The lowest BCUT2D eigenvalue weighted by atomic mass is 10.2. The van der Waals surface area contributed by atoms with Gasteiger partial charge in [-0.1, -0.05) is 23.7 Å². The lowest BCUT2D eigenvalue weighted by molar-refractivity contribution is -0.114. The Labute approximate surface area is 162 Å². The number of hydrogen-bond donors (Lipinski definition) is 1. The molecule has 144 valence electrons. The number of aryl methyl sites for hydroxylation is 1. The van der Waals surface area contributed by atoms with Gasteiger partial charge in [-0.05, 0) is 42.8 Å². The first-order chi connectivity index (χ1) is 12.6. The van der Waals surface area contributed by atoms with Gasteiger partial charge in [-0.25, -0.2) is 13.2 Å². The molecule has 1 N–H and O–H groups in total. The van der Waals surface area contributed by atoms with Crippen molar-refractivity contribution in [3.05, 3.63) is 58.6 Å². The summed E-state index contributed by atoms with van der Waals surface area (Å²) in [6.07, 6.45) is 1.02. The van der Waals surface area contributed by atoms with Crippen LogP contribution in [0.3, 0.4) is 0 Å². The number of carbonyl (C=O) groups is 2. The van der Waals surface area contributed by atoms with Crippen LogP contribution in [0.1, 0.15) is 15.9 Å². The van der Waals surface area contributed by atoms with Crippen LogP contribution in [0.2, 0.25) is 5.02 Å². The molecule has 0 spiro atoms. The molecule has 0 aliphatic rings. The van der Waals surface area contributed by atoms with Crippen molar-refractivity contribution in [1.82, 2.24) is 0 Å². The van der Waals surface area contributed by atoms with Crippen molar-refractivity contribution in [3.8, 4) is 0 Å². The average Bonchev–Trinajstić information content (AvgIpc) is 2.60. The third-order valence-corrected chi connectivity index (χ3v) is 5.11. The summed E-state index contributed by atoms with van der Waals surface area (Å²) in [6, 6.07) is 11.1. The molecule has 0 saturated heterocycles. The average molecular weight is 411 g/mol. The number of methoxy groups -OCH3 is 1. The van der Waals surface area contributed by atoms with Gasteiger partial charge in [0.05, 0.1) is 35.3 Å². The topological polar surface area (TPSA) is 92.8 Å². The second kappa shape index (κ2) is 8.41. The van der Waals surface area contributed by atoms with E-state index in [-0.39, 0.29) is 16.3 Å². The first-order valence-electron chi connectivity index (χ1n) is 7.84. The Hall–Kier alpha value is -2.58. The number of anilines is 2. The zero-order valence-corrected chi connectivity index (χ0v) is 16.6. The minimum atomic E-state index is -3.69. The van der Waals surface area contributed by atoms with E-state index in [4.69, 9.17) is 11.6 Å². The summed E-state index contributed by atoms with van der Waals surface area (Å²) >= 11 is 6.05. The summed E-state index contributed by atoms with van der Waals surface area (Å²) in [6.45, 7) is 1.38. The van der Waals surface area contributed by atoms with Crippen molar-refractivity contribution in [2.24, 2.45) is 0 Å². The zero-order valence-electron chi connectivity index (χ0n) is 15.0. The SMILES string of the molecule is COC(=O)c1ccc(Cl)c(NC(=O)CN(c2cccc(C)c2)S(C)(=O)=O)c1. The lowest BCUT2D eigenvalue weighted by Gasteiger charge is -2.22. The summed E-state index contributed by atoms with van der Waals surface area (Å²) in [5, 5.41) is 2.74. The molecule has 0 saturated carbocycles. The number of rotatable bonds is 6. The second-order valence-corrected chi connectivity index (χ2v) is 8.16. The smallest absolute Gasteiger partial charge is 0.337 e. The molecule has 0 heterocycles. The van der Waals surface area contributed by atoms with Crippen LogP contribution in [0, 0.1) is 6.92 Å². The third-order valence-electron chi connectivity index (χ3n) is 3.64. The fourth-order valence-corrected chi connectivity index (χ4v) is 3.38. The Morgan fingerprint density at radius 2 is 1.89 bits per heavy atom. The fourth-order valence-electron chi connectivity index (χ4n) is 2.37. The van der Waals surface area contributed by atoms with Gasteiger partial charge in [-0.15, -0.1) is 0 Å². The number of sulfonamides is 1. The molecule has 1 amide bonds. The summed E-state index contributed by atoms with van der Waals surface area (Å²) < 4.78 is 29.9.